The number of carbonyl (C=O) groups is 2. The highest BCUT2D eigenvalue weighted by atomic mass is 16.5. The minimum atomic E-state index is -0.137. The van der Waals surface area contributed by atoms with Crippen LogP contribution in [0.5, 0.6) is 0 Å². The Hall–Kier alpha value is -1.88. The number of benzene rings is 1. The molecule has 0 saturated carbocycles. The van der Waals surface area contributed by atoms with Crippen LogP contribution in [0.4, 0.5) is 0 Å². The highest BCUT2D eigenvalue weighted by Crippen LogP contribution is 2.04. The summed E-state index contributed by atoms with van der Waals surface area (Å²) in [5, 5.41) is 5.59. The molecule has 0 atom stereocenters. The predicted octanol–water partition coefficient (Wildman–Crippen LogP) is 1.59. The Bertz CT molecular complexity index is 429. The van der Waals surface area contributed by atoms with Crippen molar-refractivity contribution in [2.75, 3.05) is 26.8 Å². The lowest BCUT2D eigenvalue weighted by molar-refractivity contribution is 0.0939. The van der Waals surface area contributed by atoms with E-state index >= 15 is 0 Å². The summed E-state index contributed by atoms with van der Waals surface area (Å²) in [4.78, 5) is 23.5. The number of hydrogen-bond donors (Lipinski definition) is 2. The first-order valence-corrected chi connectivity index (χ1v) is 6.84. The largest absolute Gasteiger partial charge is 0.385 e. The molecule has 0 saturated heterocycles. The molecule has 20 heavy (non-hydrogen) atoms. The second-order valence-corrected chi connectivity index (χ2v) is 4.44. The standard InChI is InChI=1S/C15H22N2O3/c1-3-9-16-14(18)12-5-7-13(8-6-12)15(19)17-10-4-11-20-2/h5-8H,3-4,9-11H2,1-2H3,(H,16,18)(H,17,19). The van der Waals surface area contributed by atoms with Gasteiger partial charge in [0.25, 0.3) is 11.8 Å². The maximum atomic E-state index is 11.8. The van der Waals surface area contributed by atoms with Crippen LogP contribution >= 0.6 is 0 Å². The van der Waals surface area contributed by atoms with Crippen molar-refractivity contribution in [1.29, 1.82) is 0 Å². The Morgan fingerprint density at radius 2 is 1.50 bits per heavy atom. The van der Waals surface area contributed by atoms with Gasteiger partial charge in [-0.25, -0.2) is 0 Å². The van der Waals surface area contributed by atoms with Gasteiger partial charge in [-0.2, -0.15) is 0 Å². The fraction of sp³-hybridized carbons (Fsp3) is 0.467. The summed E-state index contributed by atoms with van der Waals surface area (Å²) in [6.45, 7) is 3.85. The maximum Gasteiger partial charge on any atom is 0.251 e. The summed E-state index contributed by atoms with van der Waals surface area (Å²) in [6, 6.07) is 6.64. The first kappa shape index (κ1) is 16.2. The monoisotopic (exact) mass is 278 g/mol. The normalized spacial score (nSPS) is 10.1. The van der Waals surface area contributed by atoms with Crippen molar-refractivity contribution in [3.8, 4) is 0 Å². The molecule has 0 heterocycles. The fourth-order valence-electron chi connectivity index (χ4n) is 1.63. The number of ether oxygens (including phenoxy) is 1. The molecule has 0 radical (unpaired) electrons. The van der Waals surface area contributed by atoms with Crippen molar-refractivity contribution in [1.82, 2.24) is 10.6 Å². The average Bonchev–Trinajstić information content (AvgIpc) is 2.49. The van der Waals surface area contributed by atoms with Crippen LogP contribution in [-0.2, 0) is 4.74 Å². The zero-order valence-electron chi connectivity index (χ0n) is 12.1. The number of hydrogen-bond acceptors (Lipinski definition) is 3. The van der Waals surface area contributed by atoms with Crippen LogP contribution in [0.3, 0.4) is 0 Å². The van der Waals surface area contributed by atoms with E-state index in [0.29, 0.717) is 30.8 Å². The average molecular weight is 278 g/mol. The summed E-state index contributed by atoms with van der Waals surface area (Å²) in [5.41, 5.74) is 1.11. The molecule has 0 unspecified atom stereocenters. The maximum absolute atomic E-state index is 11.8. The van der Waals surface area contributed by atoms with Gasteiger partial charge in [0.1, 0.15) is 0 Å². The molecule has 0 aliphatic carbocycles. The molecule has 110 valence electrons. The molecule has 0 aliphatic rings. The molecular weight excluding hydrogens is 256 g/mol. The van der Waals surface area contributed by atoms with E-state index in [1.54, 1.807) is 31.4 Å². The van der Waals surface area contributed by atoms with Gasteiger partial charge in [-0.1, -0.05) is 6.92 Å². The lowest BCUT2D eigenvalue weighted by atomic mass is 10.1. The van der Waals surface area contributed by atoms with Gasteiger partial charge in [-0.05, 0) is 37.1 Å². The number of methoxy groups -OCH3 is 1. The van der Waals surface area contributed by atoms with Gasteiger partial charge in [-0.3, -0.25) is 9.59 Å². The zero-order valence-corrected chi connectivity index (χ0v) is 12.1. The molecule has 5 nitrogen and oxygen atoms in total. The molecule has 1 aromatic carbocycles. The highest BCUT2D eigenvalue weighted by Gasteiger charge is 2.07. The molecule has 0 spiro atoms. The molecular formula is C15H22N2O3. The Morgan fingerprint density at radius 3 is 1.95 bits per heavy atom. The van der Waals surface area contributed by atoms with E-state index in [1.807, 2.05) is 6.92 Å². The lowest BCUT2D eigenvalue weighted by Gasteiger charge is -2.06. The van der Waals surface area contributed by atoms with Crippen molar-refractivity contribution in [2.45, 2.75) is 19.8 Å². The van der Waals surface area contributed by atoms with E-state index in [1.165, 1.54) is 0 Å². The Kier molecular flexibility index (Phi) is 7.35. The molecule has 2 amide bonds. The number of carbonyl (C=O) groups excluding carboxylic acids is 2. The van der Waals surface area contributed by atoms with Crippen molar-refractivity contribution in [3.05, 3.63) is 35.4 Å². The van der Waals surface area contributed by atoms with Gasteiger partial charge in [0.05, 0.1) is 0 Å². The Balaban J connectivity index is 2.48. The highest BCUT2D eigenvalue weighted by molar-refractivity contribution is 5.97. The lowest BCUT2D eigenvalue weighted by Crippen LogP contribution is -2.26. The number of amides is 2. The second-order valence-electron chi connectivity index (χ2n) is 4.44. The molecule has 0 aliphatic heterocycles. The quantitative estimate of drug-likeness (QED) is 0.710. The first-order chi connectivity index (χ1) is 9.69. The zero-order chi connectivity index (χ0) is 14.8. The van der Waals surface area contributed by atoms with Gasteiger partial charge in [0.15, 0.2) is 0 Å². The van der Waals surface area contributed by atoms with Crippen LogP contribution in [-0.4, -0.2) is 38.6 Å². The van der Waals surface area contributed by atoms with Crippen LogP contribution < -0.4 is 10.6 Å². The summed E-state index contributed by atoms with van der Waals surface area (Å²) in [6.07, 6.45) is 1.67. The smallest absolute Gasteiger partial charge is 0.251 e. The van der Waals surface area contributed by atoms with Crippen LogP contribution in [0.1, 0.15) is 40.5 Å². The second kappa shape index (κ2) is 9.09. The van der Waals surface area contributed by atoms with Crippen LogP contribution in [0, 0.1) is 0 Å². The molecule has 0 bridgehead atoms. The number of rotatable bonds is 8. The minimum absolute atomic E-state index is 0.112. The molecule has 1 aromatic rings. The predicted molar refractivity (Wildman–Crippen MR) is 77.9 cm³/mol. The van der Waals surface area contributed by atoms with E-state index in [9.17, 15) is 9.59 Å². The van der Waals surface area contributed by atoms with Gasteiger partial charge < -0.3 is 15.4 Å². The van der Waals surface area contributed by atoms with E-state index < -0.39 is 0 Å². The van der Waals surface area contributed by atoms with Gasteiger partial charge in [0, 0.05) is 37.9 Å². The third kappa shape index (κ3) is 5.40. The Morgan fingerprint density at radius 1 is 1.00 bits per heavy atom. The number of nitrogens with one attached hydrogen (secondary N) is 2. The van der Waals surface area contributed by atoms with Crippen LogP contribution in [0.15, 0.2) is 24.3 Å². The van der Waals surface area contributed by atoms with Crippen molar-refractivity contribution < 1.29 is 14.3 Å². The van der Waals surface area contributed by atoms with Crippen molar-refractivity contribution >= 4 is 11.8 Å². The topological polar surface area (TPSA) is 67.4 Å². The van der Waals surface area contributed by atoms with Crippen molar-refractivity contribution in [3.63, 3.8) is 0 Å². The SMILES string of the molecule is CCCNC(=O)c1ccc(C(=O)NCCCOC)cc1. The van der Waals surface area contributed by atoms with Gasteiger partial charge in [-0.15, -0.1) is 0 Å². The third-order valence-electron chi connectivity index (χ3n) is 2.76. The summed E-state index contributed by atoms with van der Waals surface area (Å²) in [5.74, 6) is -0.250. The summed E-state index contributed by atoms with van der Waals surface area (Å²) >= 11 is 0. The third-order valence-corrected chi connectivity index (χ3v) is 2.76. The van der Waals surface area contributed by atoms with Crippen LogP contribution in [0.2, 0.25) is 0 Å². The first-order valence-electron chi connectivity index (χ1n) is 6.84. The minimum Gasteiger partial charge on any atom is -0.385 e. The molecule has 0 fully saturated rings. The van der Waals surface area contributed by atoms with Crippen LogP contribution in [0.25, 0.3) is 0 Å². The summed E-state index contributed by atoms with van der Waals surface area (Å²) in [7, 11) is 1.63. The van der Waals surface area contributed by atoms with E-state index in [4.69, 9.17) is 4.74 Å². The van der Waals surface area contributed by atoms with E-state index in [2.05, 4.69) is 10.6 Å². The Labute approximate surface area is 119 Å². The molecule has 2 N–H and O–H groups in total. The van der Waals surface area contributed by atoms with Crippen molar-refractivity contribution in [2.24, 2.45) is 0 Å². The molecule has 5 heteroatoms. The van der Waals surface area contributed by atoms with Gasteiger partial charge >= 0.3 is 0 Å². The van der Waals surface area contributed by atoms with E-state index in [0.717, 1.165) is 12.8 Å². The van der Waals surface area contributed by atoms with Gasteiger partial charge in [0.2, 0.25) is 0 Å². The molecule has 1 rings (SSSR count). The molecule has 0 aromatic heterocycles. The fourth-order valence-corrected chi connectivity index (χ4v) is 1.63. The summed E-state index contributed by atoms with van der Waals surface area (Å²) < 4.78 is 4.91. The van der Waals surface area contributed by atoms with E-state index in [-0.39, 0.29) is 11.8 Å².